The molecular weight excluding hydrogens is 752 g/mol. The lowest BCUT2D eigenvalue weighted by molar-refractivity contribution is -0.151. The molecule has 0 radical (unpaired) electrons. The van der Waals surface area contributed by atoms with Crippen molar-refractivity contribution in [3.63, 3.8) is 0 Å². The summed E-state index contributed by atoms with van der Waals surface area (Å²) in [4.78, 5) is 104. The maximum absolute atomic E-state index is 15.0. The van der Waals surface area contributed by atoms with Gasteiger partial charge in [-0.05, 0) is 94.0 Å². The molecule has 0 aromatic heterocycles. The first kappa shape index (κ1) is 40.8. The fourth-order valence-corrected chi connectivity index (χ4v) is 9.76. The van der Waals surface area contributed by atoms with E-state index in [0.29, 0.717) is 50.3 Å². The first-order chi connectivity index (χ1) is 27.6. The molecule has 2 aromatic carbocycles. The Morgan fingerprint density at radius 3 is 2.22 bits per heavy atom. The topological polar surface area (TPSA) is 177 Å². The molecular formula is C42H51F2N7O7. The van der Waals surface area contributed by atoms with Gasteiger partial charge in [0.25, 0.3) is 0 Å². The molecule has 4 N–H and O–H groups in total. The number of benzene rings is 2. The molecule has 14 nitrogen and oxygen atoms in total. The molecule has 5 fully saturated rings. The van der Waals surface area contributed by atoms with E-state index in [1.807, 2.05) is 13.8 Å². The Hall–Kier alpha value is -5.41. The number of carbonyl (C=O) groups excluding carboxylic acids is 7. The van der Waals surface area contributed by atoms with E-state index in [9.17, 15) is 42.3 Å². The molecule has 7 amide bonds. The molecule has 9 atom stereocenters. The first-order valence-electron chi connectivity index (χ1n) is 20.3. The van der Waals surface area contributed by atoms with Gasteiger partial charge in [0.2, 0.25) is 29.5 Å². The lowest BCUT2D eigenvalue weighted by Crippen LogP contribution is -2.61. The zero-order chi connectivity index (χ0) is 41.6. The van der Waals surface area contributed by atoms with Crippen LogP contribution >= 0.6 is 0 Å². The number of carbonyl (C=O) groups is 7. The maximum Gasteiger partial charge on any atom is 0.319 e. The largest absolute Gasteiger partial charge is 0.343 e. The van der Waals surface area contributed by atoms with Crippen molar-refractivity contribution in [2.45, 2.75) is 108 Å². The minimum Gasteiger partial charge on any atom is -0.343 e. The number of amides is 7. The summed E-state index contributed by atoms with van der Waals surface area (Å²) < 4.78 is 28.8. The summed E-state index contributed by atoms with van der Waals surface area (Å²) in [6, 6.07) is 3.13. The van der Waals surface area contributed by atoms with Crippen LogP contribution in [0.25, 0.3) is 0 Å². The number of ketones is 1. The third kappa shape index (κ3) is 7.76. The third-order valence-corrected chi connectivity index (χ3v) is 12.6. The molecule has 1 aliphatic carbocycles. The zero-order valence-corrected chi connectivity index (χ0v) is 33.2. The first-order valence-corrected chi connectivity index (χ1v) is 20.3. The Morgan fingerprint density at radius 2 is 1.52 bits per heavy atom. The van der Waals surface area contributed by atoms with Crippen molar-refractivity contribution in [3.05, 3.63) is 65.2 Å². The van der Waals surface area contributed by atoms with E-state index < -0.39 is 94.8 Å². The van der Waals surface area contributed by atoms with Crippen molar-refractivity contribution < 1.29 is 42.3 Å². The number of hydrogen-bond donors (Lipinski definition) is 4. The maximum atomic E-state index is 15.0. The van der Waals surface area contributed by atoms with Gasteiger partial charge in [-0.25, -0.2) is 13.6 Å². The van der Waals surface area contributed by atoms with Crippen molar-refractivity contribution in [2.75, 3.05) is 25.0 Å². The normalized spacial score (nSPS) is 30.6. The number of halogens is 2. The van der Waals surface area contributed by atoms with Crippen LogP contribution in [0.5, 0.6) is 0 Å². The smallest absolute Gasteiger partial charge is 0.319 e. The number of fused-ring (bicyclic) bond motifs is 2. The number of hydrogen-bond acceptors (Lipinski definition) is 7. The Bertz CT molecular complexity index is 1990. The van der Waals surface area contributed by atoms with Crippen molar-refractivity contribution in [1.29, 1.82) is 0 Å². The highest BCUT2D eigenvalue weighted by atomic mass is 19.1. The number of piperidine rings is 1. The Kier molecular flexibility index (Phi) is 11.3. The van der Waals surface area contributed by atoms with Gasteiger partial charge in [-0.1, -0.05) is 31.5 Å². The van der Waals surface area contributed by atoms with E-state index in [1.165, 1.54) is 14.7 Å². The molecule has 2 aromatic rings. The lowest BCUT2D eigenvalue weighted by atomic mass is 9.90. The van der Waals surface area contributed by atoms with Gasteiger partial charge < -0.3 is 36.0 Å². The van der Waals surface area contributed by atoms with Gasteiger partial charge in [0.15, 0.2) is 5.78 Å². The van der Waals surface area contributed by atoms with E-state index in [-0.39, 0.29) is 43.3 Å². The highest BCUT2D eigenvalue weighted by Crippen LogP contribution is 2.57. The summed E-state index contributed by atoms with van der Waals surface area (Å²) >= 11 is 0. The van der Waals surface area contributed by atoms with Gasteiger partial charge in [0.1, 0.15) is 47.4 Å². The SMILES string of the molecule is Cc1ccc(NC(=O)N[C@@H](Cc2cc(F)cc(F)c2)C(=O)N[C@@H]2C(=O)N3CCC[C@H]3C(=O)N3CCCC[C@H]3C(=O)N[C@@H](C)C(=O)N3C[C@H](C)C[C@]34C(=O)[C@@H]4[C@@H]2C)cc1. The zero-order valence-electron chi connectivity index (χ0n) is 33.2. The number of anilines is 1. The molecule has 5 aliphatic rings. The lowest BCUT2D eigenvalue weighted by Gasteiger charge is -2.39. The molecule has 1 saturated carbocycles. The molecule has 16 heteroatoms. The molecule has 7 rings (SSSR count). The quantitative estimate of drug-likeness (QED) is 0.347. The predicted molar refractivity (Wildman–Crippen MR) is 207 cm³/mol. The van der Waals surface area contributed by atoms with Crippen LogP contribution in [0.4, 0.5) is 19.3 Å². The summed E-state index contributed by atoms with van der Waals surface area (Å²) in [6.45, 7) is 7.71. The van der Waals surface area contributed by atoms with Gasteiger partial charge in [-0.15, -0.1) is 0 Å². The highest BCUT2D eigenvalue weighted by Gasteiger charge is 2.74. The summed E-state index contributed by atoms with van der Waals surface area (Å²) in [5.41, 5.74) is 0.139. The van der Waals surface area contributed by atoms with Crippen LogP contribution < -0.4 is 21.3 Å². The van der Waals surface area contributed by atoms with Crippen LogP contribution in [0.15, 0.2) is 42.5 Å². The van der Waals surface area contributed by atoms with E-state index >= 15 is 0 Å². The summed E-state index contributed by atoms with van der Waals surface area (Å²) in [5.74, 6) is -6.78. The van der Waals surface area contributed by atoms with Crippen LogP contribution in [-0.2, 0) is 35.2 Å². The van der Waals surface area contributed by atoms with E-state index in [4.69, 9.17) is 0 Å². The molecule has 58 heavy (non-hydrogen) atoms. The molecule has 310 valence electrons. The highest BCUT2D eigenvalue weighted by molar-refractivity contribution is 6.12. The number of aryl methyl sites for hydroxylation is 1. The third-order valence-electron chi connectivity index (χ3n) is 12.6. The minimum absolute atomic E-state index is 0.0544. The minimum atomic E-state index is -1.47. The number of urea groups is 1. The summed E-state index contributed by atoms with van der Waals surface area (Å²) in [6.07, 6.45) is 2.44. The predicted octanol–water partition coefficient (Wildman–Crippen LogP) is 2.82. The van der Waals surface area contributed by atoms with E-state index in [2.05, 4.69) is 21.3 Å². The molecule has 4 saturated heterocycles. The average molecular weight is 804 g/mol. The number of rotatable bonds is 6. The van der Waals surface area contributed by atoms with Crippen molar-refractivity contribution in [3.8, 4) is 0 Å². The van der Waals surface area contributed by atoms with Crippen LogP contribution in [0, 0.1) is 36.3 Å². The van der Waals surface area contributed by atoms with E-state index in [1.54, 1.807) is 38.1 Å². The van der Waals surface area contributed by atoms with Gasteiger partial charge in [0.05, 0.1) is 5.92 Å². The molecule has 1 spiro atoms. The summed E-state index contributed by atoms with van der Waals surface area (Å²) in [5, 5.41) is 10.9. The average Bonchev–Trinajstić information content (AvgIpc) is 3.47. The van der Waals surface area contributed by atoms with Crippen molar-refractivity contribution >= 4 is 47.0 Å². The fourth-order valence-electron chi connectivity index (χ4n) is 9.76. The Morgan fingerprint density at radius 1 is 0.862 bits per heavy atom. The summed E-state index contributed by atoms with van der Waals surface area (Å²) in [7, 11) is 0. The van der Waals surface area contributed by atoms with Crippen LogP contribution in [0.3, 0.4) is 0 Å². The molecule has 4 heterocycles. The monoisotopic (exact) mass is 803 g/mol. The molecule has 0 bridgehead atoms. The standard InChI is InChI=1S/C42H51F2N7O7/c1-22-10-12-29(13-11-22)46-41(58)47-30(18-26-16-27(43)19-28(44)17-26)36(53)48-34-24(3)33-35(52)42(33)20-23(2)21-51(42)38(55)25(4)45-37(54)31-8-5-6-14-49(31)39(56)32-9-7-15-50(32)40(34)57/h10-13,16-17,19,23-25,30-34H,5-9,14-15,18,20-21H2,1-4H3,(H,45,54)(H,48,53)(H2,46,47,58)/t23-,24+,25+,30+,31+,32+,33+,34+,42+/m1/s1. The second kappa shape index (κ2) is 16.1. The number of nitrogens with zero attached hydrogens (tertiary/aromatic N) is 3. The molecule has 4 aliphatic heterocycles. The van der Waals surface area contributed by atoms with E-state index in [0.717, 1.165) is 17.7 Å². The van der Waals surface area contributed by atoms with Gasteiger partial charge >= 0.3 is 6.03 Å². The van der Waals surface area contributed by atoms with Crippen LogP contribution in [0.1, 0.15) is 70.4 Å². The van der Waals surface area contributed by atoms with Gasteiger partial charge in [0, 0.05) is 37.8 Å². The number of Topliss-reactive ketones (excluding diaryl/α,β-unsaturated/α-hetero) is 1. The van der Waals surface area contributed by atoms with Gasteiger partial charge in [-0.3, -0.25) is 28.8 Å². The van der Waals surface area contributed by atoms with Crippen molar-refractivity contribution in [1.82, 2.24) is 30.7 Å². The molecule has 0 unspecified atom stereocenters. The van der Waals surface area contributed by atoms with Gasteiger partial charge in [-0.2, -0.15) is 0 Å². The Balaban J connectivity index is 1.25. The second-order valence-electron chi connectivity index (χ2n) is 16.8. The number of nitrogens with one attached hydrogen (secondary N) is 4. The fraction of sp³-hybridized carbons (Fsp3) is 0.548. The second-order valence-corrected chi connectivity index (χ2v) is 16.8. The van der Waals surface area contributed by atoms with Crippen LogP contribution in [0.2, 0.25) is 0 Å². The Labute approximate surface area is 335 Å². The van der Waals surface area contributed by atoms with Crippen molar-refractivity contribution in [2.24, 2.45) is 17.8 Å². The van der Waals surface area contributed by atoms with Crippen LogP contribution in [-0.4, -0.2) is 111 Å².